The summed E-state index contributed by atoms with van der Waals surface area (Å²) in [4.78, 5) is 0. The fourth-order valence-electron chi connectivity index (χ4n) is 0.210. The van der Waals surface area contributed by atoms with E-state index in [2.05, 4.69) is 4.18 Å². The molecule has 0 saturated heterocycles. The first-order chi connectivity index (χ1) is 3.77. The minimum atomic E-state index is -2.37. The standard InChI is InChI=1S/C3H8NO3S.K/c4-2-1-3-7-8(5)6;/h1-4H2;/q-1;+1. The molecule has 2 N–H and O–H groups in total. The van der Waals surface area contributed by atoms with E-state index in [1.54, 1.807) is 0 Å². The van der Waals surface area contributed by atoms with E-state index in [1.807, 2.05) is 0 Å². The Bertz CT molecular complexity index is 108. The zero-order valence-electron chi connectivity index (χ0n) is 5.33. The van der Waals surface area contributed by atoms with E-state index in [-0.39, 0.29) is 58.0 Å². The van der Waals surface area contributed by atoms with Crippen LogP contribution in [0.3, 0.4) is 0 Å². The van der Waals surface area contributed by atoms with Gasteiger partial charge in [0.25, 0.3) is 0 Å². The first-order valence-electron chi connectivity index (χ1n) is 2.20. The fraction of sp³-hybridized carbons (Fsp3) is 1.00. The molecular formula is C3H8KNO3S. The van der Waals surface area contributed by atoms with Gasteiger partial charge in [-0.15, -0.1) is 0 Å². The number of hydrogen-bond donors (Lipinski definition) is 1. The van der Waals surface area contributed by atoms with Gasteiger partial charge in [-0.25, -0.2) is 0 Å². The molecule has 0 bridgehead atoms. The Hall–Kier alpha value is 1.51. The first kappa shape index (κ1) is 13.1. The molecule has 0 rings (SSSR count). The van der Waals surface area contributed by atoms with Crippen LogP contribution in [0.1, 0.15) is 6.42 Å². The molecule has 0 aromatic carbocycles. The quantitative estimate of drug-likeness (QED) is 0.276. The van der Waals surface area contributed by atoms with E-state index in [9.17, 15) is 8.42 Å². The third kappa shape index (κ3) is 12.7. The molecule has 0 atom stereocenters. The summed E-state index contributed by atoms with van der Waals surface area (Å²) in [5.41, 5.74) is 5.03. The van der Waals surface area contributed by atoms with Gasteiger partial charge in [0.15, 0.2) is 0 Å². The van der Waals surface area contributed by atoms with Crippen molar-refractivity contribution in [3.8, 4) is 0 Å². The molecule has 0 unspecified atom stereocenters. The maximum Gasteiger partial charge on any atom is 1.00 e. The second kappa shape index (κ2) is 9.51. The summed E-state index contributed by atoms with van der Waals surface area (Å²) in [5, 5.41) is 0. The summed E-state index contributed by atoms with van der Waals surface area (Å²) in [6.45, 7) is 0.643. The molecule has 9 heavy (non-hydrogen) atoms. The number of nitrogens with two attached hydrogens (primary N) is 1. The van der Waals surface area contributed by atoms with Crippen LogP contribution < -0.4 is 57.1 Å². The van der Waals surface area contributed by atoms with Crippen molar-refractivity contribution in [3.05, 3.63) is 0 Å². The smallest absolute Gasteiger partial charge is 0.424 e. The van der Waals surface area contributed by atoms with Crippen molar-refractivity contribution < 1.29 is 64.0 Å². The molecule has 0 heterocycles. The molecule has 0 aliphatic rings. The van der Waals surface area contributed by atoms with E-state index in [0.29, 0.717) is 13.0 Å². The van der Waals surface area contributed by atoms with Gasteiger partial charge in [0.2, 0.25) is 0 Å². The zero-order chi connectivity index (χ0) is 6.41. The van der Waals surface area contributed by atoms with Gasteiger partial charge in [-0.2, -0.15) is 0 Å². The van der Waals surface area contributed by atoms with Gasteiger partial charge in [0.1, 0.15) is 0 Å². The average molecular weight is 177 g/mol. The van der Waals surface area contributed by atoms with Crippen LogP contribution in [0, 0.1) is 0 Å². The van der Waals surface area contributed by atoms with Crippen molar-refractivity contribution in [2.45, 2.75) is 6.42 Å². The summed E-state index contributed by atoms with van der Waals surface area (Å²) in [7, 11) is -2.37. The molecule has 50 valence electrons. The van der Waals surface area contributed by atoms with Crippen LogP contribution in [0.15, 0.2) is 0 Å². The maximum atomic E-state index is 9.61. The largest absolute Gasteiger partial charge is 1.00 e. The van der Waals surface area contributed by atoms with Gasteiger partial charge in [-0.05, 0) is 13.0 Å². The molecule has 0 aromatic rings. The molecule has 0 aromatic heterocycles. The Labute approximate surface area is 98.7 Å². The van der Waals surface area contributed by atoms with Gasteiger partial charge in [-0.1, -0.05) is 0 Å². The van der Waals surface area contributed by atoms with E-state index in [4.69, 9.17) is 5.73 Å². The summed E-state index contributed by atoms with van der Waals surface area (Å²) in [6, 6.07) is 0. The predicted octanol–water partition coefficient (Wildman–Crippen LogP) is -3.42. The van der Waals surface area contributed by atoms with Gasteiger partial charge >= 0.3 is 51.4 Å². The average Bonchev–Trinajstić information content (AvgIpc) is 1.66. The van der Waals surface area contributed by atoms with E-state index in [0.717, 1.165) is 0 Å². The van der Waals surface area contributed by atoms with Crippen molar-refractivity contribution >= 4 is 11.0 Å². The van der Waals surface area contributed by atoms with Crippen LogP contribution in [0.5, 0.6) is 0 Å². The Balaban J connectivity index is 0. The molecule has 0 amide bonds. The Morgan fingerprint density at radius 2 is 2.00 bits per heavy atom. The third-order valence-electron chi connectivity index (χ3n) is 0.528. The summed E-state index contributed by atoms with van der Waals surface area (Å²) >= 11 is 0. The van der Waals surface area contributed by atoms with Gasteiger partial charge in [-0.3, -0.25) is 0 Å². The van der Waals surface area contributed by atoms with E-state index >= 15 is 0 Å². The van der Waals surface area contributed by atoms with Gasteiger partial charge in [0.05, 0.1) is 11.0 Å². The molecule has 0 radical (unpaired) electrons. The second-order valence-corrected chi connectivity index (χ2v) is 1.81. The molecule has 0 aliphatic carbocycles. The predicted molar refractivity (Wildman–Crippen MR) is 28.4 cm³/mol. The van der Waals surface area contributed by atoms with Crippen LogP contribution >= 0.6 is 0 Å². The molecule has 4 nitrogen and oxygen atoms in total. The maximum absolute atomic E-state index is 9.61. The number of hydrogen-bond acceptors (Lipinski definition) is 5. The SMILES string of the molecule is NCCCO[S-](=O)=O.[K+]. The fourth-order valence-corrected chi connectivity index (χ4v) is 0.464. The Morgan fingerprint density at radius 3 is 2.33 bits per heavy atom. The van der Waals surface area contributed by atoms with Crippen molar-refractivity contribution in [2.24, 2.45) is 5.73 Å². The Kier molecular flexibility index (Phi) is 13.9. The normalized spacial score (nSPS) is 9.11. The van der Waals surface area contributed by atoms with Gasteiger partial charge in [0, 0.05) is 6.61 Å². The molecule has 6 heteroatoms. The molecule has 0 spiro atoms. The summed E-state index contributed by atoms with van der Waals surface area (Å²) in [6.07, 6.45) is 0.577. The topological polar surface area (TPSA) is 69.4 Å². The summed E-state index contributed by atoms with van der Waals surface area (Å²) < 4.78 is 23.3. The van der Waals surface area contributed by atoms with Gasteiger partial charge < -0.3 is 18.3 Å². The van der Waals surface area contributed by atoms with Crippen molar-refractivity contribution in [2.75, 3.05) is 13.2 Å². The minimum Gasteiger partial charge on any atom is -0.424 e. The van der Waals surface area contributed by atoms with Crippen LogP contribution in [0.2, 0.25) is 0 Å². The molecule has 0 aliphatic heterocycles. The number of rotatable bonds is 4. The minimum absolute atomic E-state index is 0. The second-order valence-electron chi connectivity index (χ2n) is 1.17. The van der Waals surface area contributed by atoms with Crippen molar-refractivity contribution in [3.63, 3.8) is 0 Å². The van der Waals surface area contributed by atoms with E-state index in [1.165, 1.54) is 0 Å². The first-order valence-corrected chi connectivity index (χ1v) is 3.20. The third-order valence-corrected chi connectivity index (χ3v) is 0.887. The van der Waals surface area contributed by atoms with E-state index < -0.39 is 11.0 Å². The summed E-state index contributed by atoms with van der Waals surface area (Å²) in [5.74, 6) is 0. The van der Waals surface area contributed by atoms with Crippen molar-refractivity contribution in [1.82, 2.24) is 0 Å². The molecule has 0 saturated carbocycles. The van der Waals surface area contributed by atoms with Crippen LogP contribution in [0.25, 0.3) is 0 Å². The Morgan fingerprint density at radius 1 is 1.44 bits per heavy atom. The molecular weight excluding hydrogens is 169 g/mol. The zero-order valence-corrected chi connectivity index (χ0v) is 9.27. The van der Waals surface area contributed by atoms with Crippen LogP contribution in [-0.2, 0) is 23.6 Å². The van der Waals surface area contributed by atoms with Crippen LogP contribution in [0.4, 0.5) is 0 Å². The monoisotopic (exact) mass is 177 g/mol. The van der Waals surface area contributed by atoms with Crippen LogP contribution in [-0.4, -0.2) is 13.2 Å². The molecule has 0 fully saturated rings. The van der Waals surface area contributed by atoms with Crippen molar-refractivity contribution in [1.29, 1.82) is 0 Å².